The monoisotopic (exact) mass is 1630 g/mol. The van der Waals surface area contributed by atoms with Gasteiger partial charge in [-0.05, 0) is 107 Å². The van der Waals surface area contributed by atoms with Crippen LogP contribution < -0.4 is 92.1 Å². The van der Waals surface area contributed by atoms with Gasteiger partial charge in [0.2, 0.25) is 76.8 Å². The number of carboxylic acids is 2. The minimum Gasteiger partial charge on any atom is -0.508 e. The molecule has 15 amide bonds. The van der Waals surface area contributed by atoms with E-state index in [1.807, 2.05) is 0 Å². The third-order valence-electron chi connectivity index (χ3n) is 18.6. The number of aryl methyl sites for hydroxylation is 2. The summed E-state index contributed by atoms with van der Waals surface area (Å²) in [5, 5.41) is 91.0. The van der Waals surface area contributed by atoms with Crippen molar-refractivity contribution >= 4 is 133 Å². The average Bonchev–Trinajstić information content (AvgIpc) is 1.60. The fourth-order valence-corrected chi connectivity index (χ4v) is 14.9. The third-order valence-corrected chi connectivity index (χ3v) is 21.0. The molecule has 13 atom stereocenters. The van der Waals surface area contributed by atoms with E-state index in [9.17, 15) is 78.0 Å². The predicted octanol–water partition coefficient (Wildman–Crippen LogP) is -6.73. The zero-order valence-corrected chi connectivity index (χ0v) is 63.7. The average molecular weight is 1630 g/mol. The maximum Gasteiger partial charge on any atom is 0.326 e. The molecule has 0 saturated carbocycles. The molecule has 3 aliphatic rings. The number of aromatic hydroxyl groups is 1. The van der Waals surface area contributed by atoms with Crippen LogP contribution in [-0.2, 0) is 97.7 Å². The van der Waals surface area contributed by atoms with Crippen LogP contribution >= 0.6 is 21.6 Å². The molecule has 0 spiro atoms. The molecular weight excluding hydrogens is 1540 g/mol. The van der Waals surface area contributed by atoms with Gasteiger partial charge in [0.05, 0.1) is 24.8 Å². The van der Waals surface area contributed by atoms with Crippen molar-refractivity contribution in [1.29, 1.82) is 5.41 Å². The molecule has 4 bridgehead atoms. The number of nitrogens with two attached hydrogens (primary N) is 4. The van der Waals surface area contributed by atoms with Gasteiger partial charge in [-0.15, -0.1) is 5.10 Å². The van der Waals surface area contributed by atoms with Crippen LogP contribution in [0.2, 0.25) is 0 Å². The number of nitrogens with zero attached hydrogens (tertiary/aromatic N) is 4. The van der Waals surface area contributed by atoms with Crippen LogP contribution in [0.25, 0.3) is 10.9 Å². The van der Waals surface area contributed by atoms with E-state index in [1.54, 1.807) is 24.3 Å². The summed E-state index contributed by atoms with van der Waals surface area (Å²) in [4.78, 5) is 231. The first kappa shape index (κ1) is 89.3. The number of nitrogens with one attached hydrogen (secondary N) is 15. The number of aliphatic carboxylic acids is 2. The molecule has 4 aromatic rings. The number of hydrogen-bond acceptors (Lipinski definition) is 24. The molecule has 2 aromatic heterocycles. The molecule has 0 radical (unpaired) electrons. The summed E-state index contributed by atoms with van der Waals surface area (Å²) < 4.78 is 1.29. The summed E-state index contributed by atoms with van der Waals surface area (Å²) in [7, 11) is 1.64. The number of aromatic nitrogens is 4. The Bertz CT molecular complexity index is 4150. The standard InChI is InChI=1S/C69H97N23O20S2/c1-34(93)55-65(108)85-47(28-54(97)98)66(109)92-25-7-13-51(92)64(107)83-42(10-4-22-75-68(72)73)58(101)87-50-33-114-113-32-49(78-53(96)29-70)62(105)82-44(60(103)88-55)19-16-37-31-91(90-89-37)24-6-12-43(57(100)86-48(67(110)111)26-35-14-17-38(94)18-15-35)79-59(102)45(20-21-52(71)95)81-61(104)46(27-36-30-77-40-9-3-2-8-39(36)40)84-56(99)41(80-63(50)106)11-5-23-76-69(74)112/h2-3,8-9,14-15,17-18,30-31,34,41-51,55,77,93-94H,4-7,10-13,16,19-29,32-33,70H2,1H3,(H2,71,95)(H,78,96)(H,79,102)(H,80,106)(H,81,104)(H,82,105)(H,83,107)(H,84,99)(H,85,108)(H,86,100)(H,87,101)(H,88,103)(H,97,98)(H,110,111)(H4,72,73,75)(H3,74,76,112)/t34-,41+,42+,43-,44+,45+,46+,47+,48+,49+,50+,51+,55+/m1/s1. The number of urea groups is 1. The van der Waals surface area contributed by atoms with Crippen LogP contribution in [0.3, 0.4) is 0 Å². The number of aromatic amines is 1. The van der Waals surface area contributed by atoms with Crippen LogP contribution in [0.1, 0.15) is 101 Å². The van der Waals surface area contributed by atoms with Crippen molar-refractivity contribution in [3.8, 4) is 5.75 Å². The topological polar surface area (TPSA) is 688 Å². The highest BCUT2D eigenvalue weighted by Crippen LogP contribution is 2.26. The molecule has 0 aliphatic carbocycles. The summed E-state index contributed by atoms with van der Waals surface area (Å²) in [5.41, 5.74) is 23.8. The van der Waals surface area contributed by atoms with Crippen molar-refractivity contribution in [3.63, 3.8) is 0 Å². The van der Waals surface area contributed by atoms with E-state index in [1.165, 1.54) is 41.3 Å². The number of aliphatic hydroxyl groups excluding tert-OH is 1. The number of phenols is 1. The SMILES string of the molecule is C[C@@H](O)[C@@H]1NC(=O)[C@@H]2CCc3cn(nn3)CCC[C@H](C(=O)N[C@@H](Cc3ccc(O)cc3)C(=O)O)NC(=O)[C@H](CCC(N)=O)NC(=O)[C@H](Cc3c[nH]c4ccccc34)NC(=O)[C@H](CCCNC(N)=O)NC(=O)[C@H](CSSC[C@H](NC(=O)CN)C(=O)N2)NC(=O)[C@H](CCCNC(=N)N)NC(=O)[C@@H]2CCCN2C(=O)[C@H](CC(=O)O)NC1=O. The lowest BCUT2D eigenvalue weighted by molar-refractivity contribution is -0.146. The number of phenolic OH excluding ortho intramolecular Hbond substituents is 1. The Morgan fingerprint density at radius 2 is 1.27 bits per heavy atom. The molecule has 114 heavy (non-hydrogen) atoms. The van der Waals surface area contributed by atoms with Crippen molar-refractivity contribution in [2.75, 3.05) is 37.7 Å². The zero-order valence-electron chi connectivity index (χ0n) is 62.1. The number of amides is 15. The minimum absolute atomic E-state index is 0.0250. The number of benzene rings is 2. The fourth-order valence-electron chi connectivity index (χ4n) is 12.6. The summed E-state index contributed by atoms with van der Waals surface area (Å²) in [5.74, 6) is -18.8. The highest BCUT2D eigenvalue weighted by molar-refractivity contribution is 8.76. The first-order chi connectivity index (χ1) is 54.3. The van der Waals surface area contributed by atoms with Gasteiger partial charge in [-0.2, -0.15) is 0 Å². The van der Waals surface area contributed by atoms with E-state index in [-0.39, 0.29) is 108 Å². The predicted molar refractivity (Wildman–Crippen MR) is 407 cm³/mol. The van der Waals surface area contributed by atoms with Crippen LogP contribution in [-0.4, -0.2) is 262 Å². The van der Waals surface area contributed by atoms with Gasteiger partial charge >= 0.3 is 18.0 Å². The molecule has 43 nitrogen and oxygen atoms in total. The summed E-state index contributed by atoms with van der Waals surface area (Å²) in [6.07, 6.45) is -3.67. The first-order valence-corrected chi connectivity index (χ1v) is 39.1. The lowest BCUT2D eigenvalue weighted by atomic mass is 10.0. The first-order valence-electron chi connectivity index (χ1n) is 36.6. The number of fused-ring (bicyclic) bond motifs is 12. The number of H-pyrrole nitrogens is 1. The number of carbonyl (C=O) groups excluding carboxylic acids is 14. The number of aliphatic hydroxyl groups is 1. The molecule has 2 aromatic carbocycles. The molecule has 27 N–H and O–H groups in total. The smallest absolute Gasteiger partial charge is 0.326 e. The van der Waals surface area contributed by atoms with E-state index in [0.29, 0.717) is 22.0 Å². The summed E-state index contributed by atoms with van der Waals surface area (Å²) in [6.45, 7) is -0.196. The summed E-state index contributed by atoms with van der Waals surface area (Å²) >= 11 is 0. The molecule has 7 rings (SSSR count). The normalized spacial score (nSPS) is 23.8. The van der Waals surface area contributed by atoms with Crippen molar-refractivity contribution in [2.24, 2.45) is 22.9 Å². The van der Waals surface area contributed by atoms with Crippen molar-refractivity contribution in [2.45, 2.75) is 188 Å². The molecular formula is C69H97N23O20S2. The van der Waals surface area contributed by atoms with Gasteiger partial charge in [0.1, 0.15) is 78.3 Å². The summed E-state index contributed by atoms with van der Waals surface area (Å²) in [6, 6.07) is -9.58. The molecule has 45 heteroatoms. The number of guanidine groups is 1. The molecule has 620 valence electrons. The lowest BCUT2D eigenvalue weighted by Crippen LogP contribution is -2.62. The molecule has 5 heterocycles. The fraction of sp³-hybridized carbons (Fsp3) is 0.522. The minimum atomic E-state index is -2.02. The Labute approximate surface area is 659 Å². The number of rotatable bonds is 23. The Morgan fingerprint density at radius 1 is 0.667 bits per heavy atom. The van der Waals surface area contributed by atoms with Gasteiger partial charge in [-0.25, -0.2) is 9.59 Å². The van der Waals surface area contributed by atoms with E-state index in [0.717, 1.165) is 33.4 Å². The van der Waals surface area contributed by atoms with Gasteiger partial charge in [-0.3, -0.25) is 77.2 Å². The highest BCUT2D eigenvalue weighted by Gasteiger charge is 2.43. The maximum absolute atomic E-state index is 15.3. The lowest BCUT2D eigenvalue weighted by Gasteiger charge is -2.31. The maximum atomic E-state index is 15.3. The second-order valence-corrected chi connectivity index (χ2v) is 29.9. The van der Waals surface area contributed by atoms with Crippen molar-refractivity contribution in [1.82, 2.24) is 94.0 Å². The van der Waals surface area contributed by atoms with Crippen LogP contribution in [0.5, 0.6) is 5.75 Å². The molecule has 0 unspecified atom stereocenters. The largest absolute Gasteiger partial charge is 0.508 e. The van der Waals surface area contributed by atoms with Crippen LogP contribution in [0.4, 0.5) is 4.79 Å². The van der Waals surface area contributed by atoms with Gasteiger partial charge in [0, 0.05) is 80.2 Å². The van der Waals surface area contributed by atoms with Crippen molar-refractivity contribution in [3.05, 3.63) is 77.7 Å². The number of hydrogen-bond donors (Lipinski definition) is 23. The van der Waals surface area contributed by atoms with E-state index < -0.39 is 223 Å². The van der Waals surface area contributed by atoms with Gasteiger partial charge in [0.25, 0.3) is 0 Å². The molecule has 3 aliphatic heterocycles. The second kappa shape index (κ2) is 43.8. The second-order valence-electron chi connectivity index (χ2n) is 27.3. The Balaban J connectivity index is 1.39. The molecule has 2 fully saturated rings. The van der Waals surface area contributed by atoms with Crippen molar-refractivity contribution < 1.29 is 97.1 Å². The van der Waals surface area contributed by atoms with E-state index in [2.05, 4.69) is 84.4 Å². The van der Waals surface area contributed by atoms with E-state index >= 15 is 19.2 Å². The number of carboxylic acid groups (broad SMARTS) is 2. The van der Waals surface area contributed by atoms with E-state index in [4.69, 9.17) is 28.3 Å². The van der Waals surface area contributed by atoms with Crippen LogP contribution in [0.15, 0.2) is 60.9 Å². The third kappa shape index (κ3) is 27.8. The molecule has 2 saturated heterocycles. The van der Waals surface area contributed by atoms with Crippen LogP contribution in [0, 0.1) is 5.41 Å². The number of carbonyl (C=O) groups is 16. The van der Waals surface area contributed by atoms with Gasteiger partial charge in [-0.1, -0.05) is 57.1 Å². The van der Waals surface area contributed by atoms with Gasteiger partial charge in [0.15, 0.2) is 5.96 Å². The highest BCUT2D eigenvalue weighted by atomic mass is 33.1. The quantitative estimate of drug-likeness (QED) is 0.0142. The Hall–Kier alpha value is -11.9. The van der Waals surface area contributed by atoms with Gasteiger partial charge < -0.3 is 122 Å². The number of primary amides is 2. The zero-order chi connectivity index (χ0) is 83.3. The Kier molecular flexibility index (Phi) is 34.3. The number of para-hydroxylation sites is 1. The Morgan fingerprint density at radius 3 is 1.94 bits per heavy atom.